The SMILES string of the molecule is O=C(Nc1ccccc1)C1CC(C(=O)O)(C(=O)O)Cc2cc(Br)ccc21. The van der Waals surface area contributed by atoms with Crippen LogP contribution in [0.2, 0.25) is 0 Å². The molecule has 26 heavy (non-hydrogen) atoms. The van der Waals surface area contributed by atoms with Gasteiger partial charge in [-0.3, -0.25) is 14.4 Å². The van der Waals surface area contributed by atoms with Crippen LogP contribution in [0.1, 0.15) is 23.5 Å². The number of carbonyl (C=O) groups is 3. The smallest absolute Gasteiger partial charge is 0.321 e. The number of fused-ring (bicyclic) bond motifs is 1. The molecule has 0 aromatic heterocycles. The third kappa shape index (κ3) is 3.22. The van der Waals surface area contributed by atoms with Crippen LogP contribution in [0, 0.1) is 5.41 Å². The van der Waals surface area contributed by atoms with E-state index < -0.39 is 29.2 Å². The van der Waals surface area contributed by atoms with E-state index in [1.807, 2.05) is 6.07 Å². The maximum atomic E-state index is 12.8. The Kier molecular flexibility index (Phi) is 4.82. The normalized spacial score (nSPS) is 17.8. The fraction of sp³-hybridized carbons (Fsp3) is 0.211. The van der Waals surface area contributed by atoms with Gasteiger partial charge in [0.15, 0.2) is 5.41 Å². The van der Waals surface area contributed by atoms with E-state index in [2.05, 4.69) is 21.2 Å². The average Bonchev–Trinajstić information content (AvgIpc) is 2.60. The molecular formula is C19H16BrNO5. The number of hydrogen-bond donors (Lipinski definition) is 3. The van der Waals surface area contributed by atoms with Gasteiger partial charge in [0.1, 0.15) is 0 Å². The highest BCUT2D eigenvalue weighted by Crippen LogP contribution is 2.44. The van der Waals surface area contributed by atoms with Crippen LogP contribution in [0.4, 0.5) is 5.69 Å². The van der Waals surface area contributed by atoms with Gasteiger partial charge in [-0.05, 0) is 48.2 Å². The highest BCUT2D eigenvalue weighted by molar-refractivity contribution is 9.10. The van der Waals surface area contributed by atoms with Gasteiger partial charge in [-0.2, -0.15) is 0 Å². The Morgan fingerprint density at radius 3 is 2.31 bits per heavy atom. The summed E-state index contributed by atoms with van der Waals surface area (Å²) in [5.74, 6) is -4.17. The Hall–Kier alpha value is -2.67. The zero-order valence-corrected chi connectivity index (χ0v) is 15.2. The first kappa shape index (κ1) is 18.1. The number of carboxylic acids is 2. The maximum absolute atomic E-state index is 12.8. The molecule has 0 heterocycles. The van der Waals surface area contributed by atoms with Gasteiger partial charge in [-0.15, -0.1) is 0 Å². The van der Waals surface area contributed by atoms with E-state index in [-0.39, 0.29) is 12.8 Å². The van der Waals surface area contributed by atoms with E-state index in [1.54, 1.807) is 42.5 Å². The fourth-order valence-corrected chi connectivity index (χ4v) is 3.73. The molecule has 1 aliphatic rings. The number of hydrogen-bond acceptors (Lipinski definition) is 3. The van der Waals surface area contributed by atoms with E-state index >= 15 is 0 Å². The van der Waals surface area contributed by atoms with E-state index in [0.717, 1.165) is 0 Å². The highest BCUT2D eigenvalue weighted by Gasteiger charge is 2.53. The number of amides is 1. The first-order valence-electron chi connectivity index (χ1n) is 7.94. The van der Waals surface area contributed by atoms with Crippen LogP contribution in [-0.2, 0) is 20.8 Å². The summed E-state index contributed by atoms with van der Waals surface area (Å²) in [5, 5.41) is 22.0. The molecule has 134 valence electrons. The zero-order valence-electron chi connectivity index (χ0n) is 13.6. The minimum Gasteiger partial charge on any atom is -0.480 e. The second-order valence-corrected chi connectivity index (χ2v) is 7.24. The van der Waals surface area contributed by atoms with Gasteiger partial charge in [0.05, 0.1) is 5.92 Å². The van der Waals surface area contributed by atoms with Crippen LogP contribution < -0.4 is 5.32 Å². The Labute approximate surface area is 158 Å². The molecule has 0 bridgehead atoms. The molecule has 1 aliphatic carbocycles. The number of rotatable bonds is 4. The molecule has 1 amide bonds. The Balaban J connectivity index is 2.04. The van der Waals surface area contributed by atoms with Crippen LogP contribution in [-0.4, -0.2) is 28.1 Å². The third-order valence-electron chi connectivity index (χ3n) is 4.70. The molecular weight excluding hydrogens is 402 g/mol. The number of carboxylic acid groups (broad SMARTS) is 2. The lowest BCUT2D eigenvalue weighted by Crippen LogP contribution is -2.47. The molecule has 2 aromatic rings. The second-order valence-electron chi connectivity index (χ2n) is 6.32. The quantitative estimate of drug-likeness (QED) is 0.662. The molecule has 1 unspecified atom stereocenters. The minimum absolute atomic E-state index is 0.165. The third-order valence-corrected chi connectivity index (χ3v) is 5.20. The van der Waals surface area contributed by atoms with Crippen molar-refractivity contribution in [3.05, 3.63) is 64.1 Å². The number of carbonyl (C=O) groups excluding carboxylic acids is 1. The monoisotopic (exact) mass is 417 g/mol. The van der Waals surface area contributed by atoms with Crippen molar-refractivity contribution in [2.24, 2.45) is 5.41 Å². The first-order chi connectivity index (χ1) is 12.3. The summed E-state index contributed by atoms with van der Waals surface area (Å²) < 4.78 is 0.699. The summed E-state index contributed by atoms with van der Waals surface area (Å²) >= 11 is 3.32. The van der Waals surface area contributed by atoms with Crippen LogP contribution in [0.5, 0.6) is 0 Å². The molecule has 0 aliphatic heterocycles. The standard InChI is InChI=1S/C19H16BrNO5/c20-12-6-7-14-11(8-12)9-19(17(23)24,18(25)26)10-15(14)16(22)21-13-4-2-1-3-5-13/h1-8,15H,9-10H2,(H,21,22)(H,23,24)(H,25,26). The van der Waals surface area contributed by atoms with E-state index in [9.17, 15) is 24.6 Å². The van der Waals surface area contributed by atoms with Crippen molar-refractivity contribution < 1.29 is 24.6 Å². The minimum atomic E-state index is -2.04. The summed E-state index contributed by atoms with van der Waals surface area (Å²) in [5.41, 5.74) is -0.270. The second kappa shape index (κ2) is 6.92. The van der Waals surface area contributed by atoms with Crippen molar-refractivity contribution in [1.29, 1.82) is 0 Å². The number of halogens is 1. The summed E-state index contributed by atoms with van der Waals surface area (Å²) in [6.07, 6.45) is -0.466. The Bertz CT molecular complexity index is 867. The van der Waals surface area contributed by atoms with Gasteiger partial charge in [-0.25, -0.2) is 0 Å². The van der Waals surface area contributed by atoms with E-state index in [0.29, 0.717) is 21.3 Å². The number of anilines is 1. The van der Waals surface area contributed by atoms with Crippen molar-refractivity contribution in [2.75, 3.05) is 5.32 Å². The van der Waals surface area contributed by atoms with Gasteiger partial charge in [0, 0.05) is 10.2 Å². The van der Waals surface area contributed by atoms with Crippen molar-refractivity contribution in [3.63, 3.8) is 0 Å². The Morgan fingerprint density at radius 1 is 1.04 bits per heavy atom. The van der Waals surface area contributed by atoms with Crippen molar-refractivity contribution in [2.45, 2.75) is 18.8 Å². The topological polar surface area (TPSA) is 104 Å². The number of aliphatic carboxylic acids is 2. The van der Waals surface area contributed by atoms with Gasteiger partial charge >= 0.3 is 11.9 Å². The summed E-state index contributed by atoms with van der Waals surface area (Å²) in [4.78, 5) is 36.5. The van der Waals surface area contributed by atoms with E-state index in [1.165, 1.54) is 0 Å². The molecule has 3 rings (SSSR count). The van der Waals surface area contributed by atoms with Gasteiger partial charge < -0.3 is 15.5 Å². The maximum Gasteiger partial charge on any atom is 0.321 e. The average molecular weight is 418 g/mol. The van der Waals surface area contributed by atoms with Gasteiger partial charge in [0.2, 0.25) is 5.91 Å². The highest BCUT2D eigenvalue weighted by atomic mass is 79.9. The molecule has 7 heteroatoms. The van der Waals surface area contributed by atoms with Gasteiger partial charge in [-0.1, -0.05) is 40.2 Å². The van der Waals surface area contributed by atoms with Gasteiger partial charge in [0.25, 0.3) is 0 Å². The van der Waals surface area contributed by atoms with Crippen LogP contribution in [0.15, 0.2) is 53.0 Å². The molecule has 0 saturated carbocycles. The molecule has 1 atom stereocenters. The fourth-order valence-electron chi connectivity index (χ4n) is 3.33. The van der Waals surface area contributed by atoms with Crippen LogP contribution in [0.3, 0.4) is 0 Å². The molecule has 0 saturated heterocycles. The summed E-state index contributed by atoms with van der Waals surface area (Å²) in [6, 6.07) is 13.9. The zero-order chi connectivity index (χ0) is 18.9. The number of nitrogens with one attached hydrogen (secondary N) is 1. The first-order valence-corrected chi connectivity index (χ1v) is 8.74. The number of benzene rings is 2. The molecule has 0 radical (unpaired) electrons. The van der Waals surface area contributed by atoms with E-state index in [4.69, 9.17) is 0 Å². The predicted molar refractivity (Wildman–Crippen MR) is 98.0 cm³/mol. The lowest BCUT2D eigenvalue weighted by molar-refractivity contribution is -0.166. The molecule has 0 spiro atoms. The number of para-hydroxylation sites is 1. The van der Waals surface area contributed by atoms with Crippen LogP contribution in [0.25, 0.3) is 0 Å². The lowest BCUT2D eigenvalue weighted by atomic mass is 9.66. The van der Waals surface area contributed by atoms with Crippen molar-refractivity contribution in [1.82, 2.24) is 0 Å². The summed E-state index contributed by atoms with van der Waals surface area (Å²) in [6.45, 7) is 0. The molecule has 6 nitrogen and oxygen atoms in total. The molecule has 0 fully saturated rings. The van der Waals surface area contributed by atoms with Crippen LogP contribution >= 0.6 is 15.9 Å². The predicted octanol–water partition coefficient (Wildman–Crippen LogP) is 3.27. The Morgan fingerprint density at radius 2 is 1.69 bits per heavy atom. The van der Waals surface area contributed by atoms with Crippen molar-refractivity contribution in [3.8, 4) is 0 Å². The largest absolute Gasteiger partial charge is 0.480 e. The summed E-state index contributed by atoms with van der Waals surface area (Å²) in [7, 11) is 0. The van der Waals surface area contributed by atoms with Crippen molar-refractivity contribution >= 4 is 39.5 Å². The lowest BCUT2D eigenvalue weighted by Gasteiger charge is -2.35. The molecule has 2 aromatic carbocycles. The molecule has 3 N–H and O–H groups in total.